The van der Waals surface area contributed by atoms with Crippen LogP contribution in [0.25, 0.3) is 0 Å². The van der Waals surface area contributed by atoms with Crippen molar-refractivity contribution < 1.29 is 19.1 Å². The van der Waals surface area contributed by atoms with E-state index in [2.05, 4.69) is 21.2 Å². The molecule has 7 nitrogen and oxygen atoms in total. The van der Waals surface area contributed by atoms with Gasteiger partial charge in [-0.25, -0.2) is 0 Å². The highest BCUT2D eigenvalue weighted by Crippen LogP contribution is 2.44. The summed E-state index contributed by atoms with van der Waals surface area (Å²) in [5.74, 6) is 0.130. The normalized spacial score (nSPS) is 17.1. The Morgan fingerprint density at radius 1 is 1.11 bits per heavy atom. The van der Waals surface area contributed by atoms with Crippen LogP contribution < -0.4 is 19.7 Å². The van der Waals surface area contributed by atoms with Gasteiger partial charge in [0, 0.05) is 42.1 Å². The first-order valence-corrected chi connectivity index (χ1v) is 13.0. The highest BCUT2D eigenvalue weighted by atomic mass is 79.9. The fraction of sp³-hybridized carbons (Fsp3) is 0.310. The highest BCUT2D eigenvalue weighted by molar-refractivity contribution is 9.10. The van der Waals surface area contributed by atoms with Gasteiger partial charge in [0.25, 0.3) is 11.8 Å². The Bertz CT molecular complexity index is 1260. The molecule has 1 aliphatic rings. The molecular formula is C29H32BrN3O4. The van der Waals surface area contributed by atoms with Crippen LogP contribution in [0.5, 0.6) is 11.5 Å². The number of hydrogen-bond acceptors (Lipinski definition) is 5. The van der Waals surface area contributed by atoms with E-state index < -0.39 is 12.1 Å². The largest absolute Gasteiger partial charge is 0.493 e. The Kier molecular flexibility index (Phi) is 8.07. The molecule has 2 amide bonds. The third-order valence-corrected chi connectivity index (χ3v) is 6.80. The summed E-state index contributed by atoms with van der Waals surface area (Å²) in [6.07, 6.45) is -0.788. The number of nitrogens with zero attached hydrogens (tertiary/aromatic N) is 2. The molecule has 3 aromatic rings. The molecule has 0 bridgehead atoms. The lowest BCUT2D eigenvalue weighted by molar-refractivity contribution is -0.146. The molecule has 0 saturated heterocycles. The summed E-state index contributed by atoms with van der Waals surface area (Å²) in [6, 6.07) is 19.8. The summed E-state index contributed by atoms with van der Waals surface area (Å²) in [6.45, 7) is 4.10. The van der Waals surface area contributed by atoms with Crippen LogP contribution in [0.4, 0.5) is 11.4 Å². The molecule has 2 atom stereocenters. The van der Waals surface area contributed by atoms with Gasteiger partial charge in [0.2, 0.25) is 0 Å². The Hall–Kier alpha value is -3.52. The van der Waals surface area contributed by atoms with Crippen LogP contribution in [0.15, 0.2) is 71.2 Å². The summed E-state index contributed by atoms with van der Waals surface area (Å²) >= 11 is 3.54. The SMILES string of the molecule is COc1cc(Br)cc2c1OC(C(C)C)C(=O)N(Cc1ccc(N(C)C)cc1)C2C(=O)Nc1ccccc1. The zero-order valence-corrected chi connectivity index (χ0v) is 23.3. The number of para-hydroxylation sites is 1. The number of rotatable bonds is 7. The van der Waals surface area contributed by atoms with Crippen LogP contribution in [0, 0.1) is 5.92 Å². The first kappa shape index (κ1) is 26.5. The molecule has 8 heteroatoms. The van der Waals surface area contributed by atoms with Crippen LogP contribution in [-0.4, -0.2) is 44.0 Å². The number of ether oxygens (including phenoxy) is 2. The maximum Gasteiger partial charge on any atom is 0.265 e. The third-order valence-electron chi connectivity index (χ3n) is 6.35. The monoisotopic (exact) mass is 565 g/mol. The van der Waals surface area contributed by atoms with Crippen molar-refractivity contribution in [1.82, 2.24) is 4.90 Å². The molecule has 0 aliphatic carbocycles. The van der Waals surface area contributed by atoms with Gasteiger partial charge in [-0.15, -0.1) is 0 Å². The second-order valence-electron chi connectivity index (χ2n) is 9.59. The van der Waals surface area contributed by atoms with Crippen LogP contribution in [0.1, 0.15) is 31.0 Å². The quantitative estimate of drug-likeness (QED) is 0.401. The van der Waals surface area contributed by atoms with Crippen LogP contribution in [0.3, 0.4) is 0 Å². The van der Waals surface area contributed by atoms with E-state index >= 15 is 0 Å². The minimum absolute atomic E-state index is 0.136. The van der Waals surface area contributed by atoms with Crippen molar-refractivity contribution in [3.05, 3.63) is 82.3 Å². The molecule has 1 aliphatic heterocycles. The van der Waals surface area contributed by atoms with Crippen LogP contribution in [0.2, 0.25) is 0 Å². The van der Waals surface area contributed by atoms with Gasteiger partial charge in [-0.2, -0.15) is 0 Å². The number of hydrogen-bond donors (Lipinski definition) is 1. The Labute approximate surface area is 226 Å². The molecule has 1 heterocycles. The smallest absolute Gasteiger partial charge is 0.265 e. The van der Waals surface area contributed by atoms with Gasteiger partial charge in [-0.05, 0) is 47.9 Å². The molecule has 3 aromatic carbocycles. The predicted molar refractivity (Wildman–Crippen MR) is 149 cm³/mol. The van der Waals surface area contributed by atoms with E-state index in [1.165, 1.54) is 0 Å². The van der Waals surface area contributed by atoms with Gasteiger partial charge in [0.15, 0.2) is 17.6 Å². The first-order chi connectivity index (χ1) is 17.7. The molecule has 0 spiro atoms. The van der Waals surface area contributed by atoms with Crippen molar-refractivity contribution in [2.75, 3.05) is 31.4 Å². The van der Waals surface area contributed by atoms with Gasteiger partial charge >= 0.3 is 0 Å². The molecule has 1 N–H and O–H groups in total. The molecule has 4 rings (SSSR count). The molecule has 2 unspecified atom stereocenters. The lowest BCUT2D eigenvalue weighted by Crippen LogP contribution is -2.46. The number of carbonyl (C=O) groups excluding carboxylic acids is 2. The van der Waals surface area contributed by atoms with Crippen LogP contribution in [-0.2, 0) is 16.1 Å². The Morgan fingerprint density at radius 2 is 1.78 bits per heavy atom. The summed E-state index contributed by atoms with van der Waals surface area (Å²) in [4.78, 5) is 31.6. The highest BCUT2D eigenvalue weighted by Gasteiger charge is 2.43. The minimum Gasteiger partial charge on any atom is -0.493 e. The topological polar surface area (TPSA) is 71.1 Å². The predicted octanol–water partition coefficient (Wildman–Crippen LogP) is 5.65. The number of anilines is 2. The molecule has 0 aromatic heterocycles. The van der Waals surface area contributed by atoms with Gasteiger partial charge in [-0.1, -0.05) is 60.1 Å². The third kappa shape index (κ3) is 5.74. The lowest BCUT2D eigenvalue weighted by atomic mass is 10.0. The lowest BCUT2D eigenvalue weighted by Gasteiger charge is -2.31. The van der Waals surface area contributed by atoms with Crippen LogP contribution >= 0.6 is 15.9 Å². The van der Waals surface area contributed by atoms with E-state index in [0.717, 1.165) is 15.7 Å². The van der Waals surface area contributed by atoms with Gasteiger partial charge in [0.05, 0.1) is 7.11 Å². The fourth-order valence-electron chi connectivity index (χ4n) is 4.41. The summed E-state index contributed by atoms with van der Waals surface area (Å²) < 4.78 is 12.7. The van der Waals surface area contributed by atoms with E-state index in [0.29, 0.717) is 22.7 Å². The van der Waals surface area contributed by atoms with Crippen molar-refractivity contribution >= 4 is 39.1 Å². The first-order valence-electron chi connectivity index (χ1n) is 12.2. The van der Waals surface area contributed by atoms with Crippen molar-refractivity contribution in [3.63, 3.8) is 0 Å². The fourth-order valence-corrected chi connectivity index (χ4v) is 4.86. The zero-order valence-electron chi connectivity index (χ0n) is 21.7. The number of nitrogens with one attached hydrogen (secondary N) is 1. The average molecular weight is 566 g/mol. The second kappa shape index (κ2) is 11.3. The molecule has 0 fully saturated rings. The number of amides is 2. The van der Waals surface area contributed by atoms with E-state index in [1.54, 1.807) is 18.1 Å². The number of carbonyl (C=O) groups is 2. The molecule has 194 valence electrons. The van der Waals surface area contributed by atoms with E-state index in [9.17, 15) is 9.59 Å². The van der Waals surface area contributed by atoms with Crippen molar-refractivity contribution in [3.8, 4) is 11.5 Å². The second-order valence-corrected chi connectivity index (χ2v) is 10.5. The van der Waals surface area contributed by atoms with Gasteiger partial charge in [0.1, 0.15) is 6.04 Å². The van der Waals surface area contributed by atoms with E-state index in [1.807, 2.05) is 93.5 Å². The zero-order chi connectivity index (χ0) is 26.7. The van der Waals surface area contributed by atoms with Gasteiger partial charge in [-0.3, -0.25) is 9.59 Å². The average Bonchev–Trinajstić information content (AvgIpc) is 2.99. The number of halogens is 1. The molecule has 37 heavy (non-hydrogen) atoms. The maximum atomic E-state index is 14.0. The number of fused-ring (bicyclic) bond motifs is 1. The van der Waals surface area contributed by atoms with E-state index in [-0.39, 0.29) is 24.3 Å². The summed E-state index contributed by atoms with van der Waals surface area (Å²) in [7, 11) is 5.50. The number of methoxy groups -OCH3 is 1. The summed E-state index contributed by atoms with van der Waals surface area (Å²) in [5, 5.41) is 2.99. The number of benzene rings is 3. The molecule has 0 radical (unpaired) electrons. The van der Waals surface area contributed by atoms with Gasteiger partial charge < -0.3 is 24.6 Å². The van der Waals surface area contributed by atoms with E-state index in [4.69, 9.17) is 9.47 Å². The standard InChI is InChI=1S/C29H32BrN3O4/c1-18(2)26-29(35)33(17-19-11-13-22(14-12-19)32(3)4)25(28(34)31-21-9-7-6-8-10-21)23-15-20(30)16-24(36-5)27(23)37-26/h6-16,18,25-26H,17H2,1-5H3,(H,31,34). The molecular weight excluding hydrogens is 534 g/mol. The Morgan fingerprint density at radius 3 is 2.38 bits per heavy atom. The van der Waals surface area contributed by atoms with Crippen molar-refractivity contribution in [1.29, 1.82) is 0 Å². The summed E-state index contributed by atoms with van der Waals surface area (Å²) in [5.41, 5.74) is 3.15. The molecule has 0 saturated carbocycles. The van der Waals surface area contributed by atoms with Crippen molar-refractivity contribution in [2.45, 2.75) is 32.5 Å². The Balaban J connectivity index is 1.85. The minimum atomic E-state index is -0.952. The maximum absolute atomic E-state index is 14.0. The van der Waals surface area contributed by atoms with Crippen molar-refractivity contribution in [2.24, 2.45) is 5.92 Å².